The smallest absolute Gasteiger partial charge is 0.349 e. The van der Waals surface area contributed by atoms with Crippen molar-refractivity contribution in [1.29, 1.82) is 0 Å². The third-order valence-corrected chi connectivity index (χ3v) is 10.5. The molecule has 0 fully saturated rings. The van der Waals surface area contributed by atoms with E-state index in [1.165, 1.54) is 14.1 Å². The molecule has 3 aromatic rings. The highest BCUT2D eigenvalue weighted by molar-refractivity contribution is 8.04. The lowest BCUT2D eigenvalue weighted by atomic mass is 9.84. The number of aryl methyl sites for hydroxylation is 3. The zero-order valence-corrected chi connectivity index (χ0v) is 28.2. The lowest BCUT2D eigenvalue weighted by Gasteiger charge is -2.37. The predicted octanol–water partition coefficient (Wildman–Crippen LogP) is 6.74. The van der Waals surface area contributed by atoms with E-state index in [9.17, 15) is 28.5 Å². The van der Waals surface area contributed by atoms with Gasteiger partial charge in [-0.05, 0) is 96.7 Å². The number of ether oxygens (including phenoxy) is 1. The molecule has 0 unspecified atom stereocenters. The van der Waals surface area contributed by atoms with Crippen molar-refractivity contribution in [1.82, 2.24) is 4.31 Å². The summed E-state index contributed by atoms with van der Waals surface area (Å²) in [5.41, 5.74) is 2.44. The van der Waals surface area contributed by atoms with Crippen molar-refractivity contribution in [2.75, 3.05) is 18.8 Å². The molecule has 0 saturated carbocycles. The number of cyclic esters (lactones) is 1. The van der Waals surface area contributed by atoms with Crippen LogP contribution in [0.5, 0.6) is 11.5 Å². The van der Waals surface area contributed by atoms with Crippen molar-refractivity contribution >= 4 is 33.6 Å². The third-order valence-electron chi connectivity index (χ3n) is 7.92. The Labute approximate surface area is 270 Å². The number of phenolic OH excluding ortho intramolecular Hbond substituents is 2. The number of rotatable bonds is 11. The SMILES string of the molecule is Cc1cc(SC2=C(O)CC(CCc3ccc(O)cc3)(CCc3ccc(O)cc3)OC2=O)c(C(C)(C)C)cc1NS(=O)(=O)N(C)C. The summed E-state index contributed by atoms with van der Waals surface area (Å²) in [7, 11) is -0.833. The number of aliphatic hydroxyl groups excluding tert-OH is 1. The van der Waals surface area contributed by atoms with Gasteiger partial charge >= 0.3 is 16.2 Å². The highest BCUT2D eigenvalue weighted by Crippen LogP contribution is 2.45. The molecule has 0 radical (unpaired) electrons. The first-order valence-electron chi connectivity index (χ1n) is 14.7. The topological polar surface area (TPSA) is 136 Å². The standard InChI is InChI=1S/C34H42N2O7S2/c1-22-19-30(27(33(2,3)4)20-28(22)35-45(41,42)36(5)6)44-31-29(39)21-34(43-32(31)40,17-15-23-7-11-25(37)12-8-23)18-16-24-9-13-26(38)14-10-24/h7-14,19-20,35,37-39H,15-18,21H2,1-6H3. The van der Waals surface area contributed by atoms with Crippen LogP contribution in [0.25, 0.3) is 0 Å². The average Bonchev–Trinajstić information content (AvgIpc) is 2.95. The number of aliphatic hydroxyl groups is 1. The molecule has 1 aliphatic rings. The van der Waals surface area contributed by atoms with Crippen LogP contribution < -0.4 is 4.72 Å². The van der Waals surface area contributed by atoms with Crippen LogP contribution in [0.3, 0.4) is 0 Å². The summed E-state index contributed by atoms with van der Waals surface area (Å²) in [5, 5.41) is 30.8. The second-order valence-corrected chi connectivity index (χ2v) is 15.7. The van der Waals surface area contributed by atoms with Gasteiger partial charge in [-0.25, -0.2) is 4.79 Å². The number of aromatic hydroxyl groups is 2. The Kier molecular flexibility index (Phi) is 10.2. The van der Waals surface area contributed by atoms with Gasteiger partial charge in [-0.1, -0.05) is 56.8 Å². The molecule has 1 aliphatic heterocycles. The number of hydrogen-bond donors (Lipinski definition) is 4. The van der Waals surface area contributed by atoms with E-state index in [0.717, 1.165) is 32.8 Å². The van der Waals surface area contributed by atoms with Gasteiger partial charge in [0.05, 0.1) is 5.69 Å². The number of carbonyl (C=O) groups is 1. The summed E-state index contributed by atoms with van der Waals surface area (Å²) in [6.45, 7) is 7.78. The number of benzene rings is 3. The monoisotopic (exact) mass is 654 g/mol. The maximum Gasteiger partial charge on any atom is 0.349 e. The Morgan fingerprint density at radius 1 is 0.911 bits per heavy atom. The van der Waals surface area contributed by atoms with Gasteiger partial charge in [0, 0.05) is 25.4 Å². The molecule has 0 amide bonds. The van der Waals surface area contributed by atoms with Crippen LogP contribution in [0, 0.1) is 6.92 Å². The molecule has 3 aromatic carbocycles. The molecule has 11 heteroatoms. The number of esters is 1. The molecule has 0 atom stereocenters. The number of hydrogen-bond acceptors (Lipinski definition) is 8. The number of nitrogens with zero attached hydrogens (tertiary/aromatic N) is 1. The molecular weight excluding hydrogens is 613 g/mol. The zero-order chi connectivity index (χ0) is 33.2. The molecule has 0 bridgehead atoms. The number of nitrogens with one attached hydrogen (secondary N) is 1. The van der Waals surface area contributed by atoms with Crippen LogP contribution in [0.2, 0.25) is 0 Å². The van der Waals surface area contributed by atoms with Crippen LogP contribution in [0.1, 0.15) is 62.3 Å². The van der Waals surface area contributed by atoms with Crippen LogP contribution in [-0.2, 0) is 38.0 Å². The molecule has 4 N–H and O–H groups in total. The Morgan fingerprint density at radius 2 is 1.42 bits per heavy atom. The number of anilines is 1. The van der Waals surface area contributed by atoms with Crippen LogP contribution in [0.15, 0.2) is 76.2 Å². The van der Waals surface area contributed by atoms with Crippen molar-refractivity contribution in [3.63, 3.8) is 0 Å². The van der Waals surface area contributed by atoms with Crippen molar-refractivity contribution in [2.24, 2.45) is 0 Å². The van der Waals surface area contributed by atoms with Crippen molar-refractivity contribution in [2.45, 2.75) is 75.7 Å². The largest absolute Gasteiger partial charge is 0.511 e. The lowest BCUT2D eigenvalue weighted by molar-refractivity contribution is -0.159. The normalized spacial score (nSPS) is 15.3. The van der Waals surface area contributed by atoms with Gasteiger partial charge in [0.1, 0.15) is 27.8 Å². The van der Waals surface area contributed by atoms with Gasteiger partial charge in [0.25, 0.3) is 0 Å². The third kappa shape index (κ3) is 8.53. The summed E-state index contributed by atoms with van der Waals surface area (Å²) in [6.07, 6.45) is 2.17. The summed E-state index contributed by atoms with van der Waals surface area (Å²) in [6, 6.07) is 17.4. The molecule has 0 saturated heterocycles. The van der Waals surface area contributed by atoms with Gasteiger partial charge < -0.3 is 20.1 Å². The molecular formula is C34H42N2O7S2. The first kappa shape index (κ1) is 34.2. The maximum atomic E-state index is 13.7. The molecule has 1 heterocycles. The summed E-state index contributed by atoms with van der Waals surface area (Å²) >= 11 is 1.13. The van der Waals surface area contributed by atoms with E-state index in [-0.39, 0.29) is 28.6 Å². The lowest BCUT2D eigenvalue weighted by Crippen LogP contribution is -2.41. The number of thioether (sulfide) groups is 1. The summed E-state index contributed by atoms with van der Waals surface area (Å²) < 4.78 is 35.1. The second-order valence-electron chi connectivity index (χ2n) is 12.8. The Bertz CT molecular complexity index is 1630. The fourth-order valence-electron chi connectivity index (χ4n) is 5.16. The molecule has 0 spiro atoms. The van der Waals surface area contributed by atoms with E-state index in [0.29, 0.717) is 41.8 Å². The van der Waals surface area contributed by atoms with E-state index < -0.39 is 27.2 Å². The number of phenols is 2. The van der Waals surface area contributed by atoms with E-state index in [4.69, 9.17) is 4.74 Å². The predicted molar refractivity (Wildman–Crippen MR) is 178 cm³/mol. The quantitative estimate of drug-likeness (QED) is 0.167. The highest BCUT2D eigenvalue weighted by atomic mass is 32.2. The first-order valence-corrected chi connectivity index (χ1v) is 17.0. The summed E-state index contributed by atoms with van der Waals surface area (Å²) in [5.74, 6) is -0.335. The Morgan fingerprint density at radius 3 is 1.87 bits per heavy atom. The maximum absolute atomic E-state index is 13.7. The van der Waals surface area contributed by atoms with Crippen LogP contribution in [-0.4, -0.2) is 53.7 Å². The van der Waals surface area contributed by atoms with Crippen molar-refractivity contribution in [3.05, 3.63) is 93.6 Å². The Balaban J connectivity index is 1.66. The fraction of sp³-hybridized carbons (Fsp3) is 0.382. The summed E-state index contributed by atoms with van der Waals surface area (Å²) in [4.78, 5) is 14.5. The van der Waals surface area contributed by atoms with E-state index in [1.807, 2.05) is 51.1 Å². The Hall–Kier alpha value is -3.67. The minimum Gasteiger partial charge on any atom is -0.511 e. The fourth-order valence-corrected chi connectivity index (χ4v) is 7.08. The van der Waals surface area contributed by atoms with Crippen molar-refractivity contribution in [3.8, 4) is 11.5 Å². The van der Waals surface area contributed by atoms with Gasteiger partial charge in [-0.2, -0.15) is 12.7 Å². The number of carbonyl (C=O) groups excluding carboxylic acids is 1. The molecule has 4 rings (SSSR count). The van der Waals surface area contributed by atoms with Crippen LogP contribution in [0.4, 0.5) is 5.69 Å². The molecule has 242 valence electrons. The van der Waals surface area contributed by atoms with Gasteiger partial charge in [-0.3, -0.25) is 4.72 Å². The first-order chi connectivity index (χ1) is 21.0. The highest BCUT2D eigenvalue weighted by Gasteiger charge is 2.42. The van der Waals surface area contributed by atoms with Crippen molar-refractivity contribution < 1.29 is 33.3 Å². The minimum absolute atomic E-state index is 0.0532. The van der Waals surface area contributed by atoms with E-state index in [1.54, 1.807) is 37.3 Å². The molecule has 45 heavy (non-hydrogen) atoms. The van der Waals surface area contributed by atoms with Crippen LogP contribution >= 0.6 is 11.8 Å². The molecule has 9 nitrogen and oxygen atoms in total. The minimum atomic E-state index is -3.73. The second kappa shape index (κ2) is 13.4. The van der Waals surface area contributed by atoms with Gasteiger partial charge in [-0.15, -0.1) is 0 Å². The van der Waals surface area contributed by atoms with E-state index >= 15 is 0 Å². The molecule has 0 aliphatic carbocycles. The van der Waals surface area contributed by atoms with Gasteiger partial charge in [0.15, 0.2) is 0 Å². The average molecular weight is 655 g/mol. The molecule has 0 aromatic heterocycles. The zero-order valence-electron chi connectivity index (χ0n) is 26.5. The van der Waals surface area contributed by atoms with E-state index in [2.05, 4.69) is 4.72 Å². The van der Waals surface area contributed by atoms with Gasteiger partial charge in [0.2, 0.25) is 0 Å².